The summed E-state index contributed by atoms with van der Waals surface area (Å²) < 4.78 is 0. The van der Waals surface area contributed by atoms with Crippen molar-refractivity contribution < 1.29 is 24.3 Å². The molecule has 5 atom stereocenters. The number of aliphatic hydroxyl groups is 1. The predicted octanol–water partition coefficient (Wildman–Crippen LogP) is 4.29. The van der Waals surface area contributed by atoms with E-state index in [9.17, 15) is 24.3 Å². The Morgan fingerprint density at radius 1 is 0.733 bits per heavy atom. The topological polar surface area (TPSA) is 145 Å². The van der Waals surface area contributed by atoms with Gasteiger partial charge in [-0.2, -0.15) is 0 Å². The lowest BCUT2D eigenvalue weighted by atomic mass is 9.73. The molecule has 0 aromatic carbocycles. The Morgan fingerprint density at radius 3 is 1.87 bits per heavy atom. The third-order valence-corrected chi connectivity index (χ3v) is 10.4. The second kappa shape index (κ2) is 19.5. The van der Waals surface area contributed by atoms with Crippen LogP contribution in [-0.4, -0.2) is 77.0 Å². The Kier molecular flexibility index (Phi) is 16.1. The molecule has 3 aliphatic rings. The average molecular weight is 634 g/mol. The van der Waals surface area contributed by atoms with E-state index in [1.54, 1.807) is 0 Å². The minimum absolute atomic E-state index is 0.00477. The minimum Gasteiger partial charge on any atom is -0.390 e. The second-order valence-electron chi connectivity index (χ2n) is 14.2. The van der Waals surface area contributed by atoms with Gasteiger partial charge in [0.05, 0.1) is 12.1 Å². The van der Waals surface area contributed by atoms with Crippen molar-refractivity contribution in [2.45, 2.75) is 142 Å². The first-order chi connectivity index (χ1) is 21.7. The maximum Gasteiger partial charge on any atom is 0.237 e. The number of amides is 4. The highest BCUT2D eigenvalue weighted by Crippen LogP contribution is 2.36. The van der Waals surface area contributed by atoms with Crippen LogP contribution in [0.3, 0.4) is 0 Å². The Hall–Kier alpha value is -2.20. The summed E-state index contributed by atoms with van der Waals surface area (Å²) in [6.45, 7) is 8.28. The molecule has 0 bridgehead atoms. The molecule has 0 saturated heterocycles. The standard InChI is InChI=1S/C35H63N5O5/c1-4-17-39(18-5-2)35(45)29-22-27(32(36)42)21-28(23-29)33(43)37-30(20-25-13-9-7-10-14-25)31(41)24-40(19-6-3)38-34(44)26-15-11-8-12-16-26/h25-31,41H,4-24H2,1-3H3,(H2,36,42)(H,37,43)(H,38,44). The number of carbonyl (C=O) groups is 4. The molecule has 258 valence electrons. The van der Waals surface area contributed by atoms with Crippen LogP contribution in [0.5, 0.6) is 0 Å². The van der Waals surface area contributed by atoms with E-state index >= 15 is 0 Å². The smallest absolute Gasteiger partial charge is 0.237 e. The van der Waals surface area contributed by atoms with Crippen molar-refractivity contribution in [3.8, 4) is 0 Å². The lowest BCUT2D eigenvalue weighted by molar-refractivity contribution is -0.141. The van der Waals surface area contributed by atoms with Crippen LogP contribution in [0.15, 0.2) is 0 Å². The molecule has 5 unspecified atom stereocenters. The van der Waals surface area contributed by atoms with E-state index in [0.29, 0.717) is 51.2 Å². The van der Waals surface area contributed by atoms with E-state index in [2.05, 4.69) is 10.7 Å². The van der Waals surface area contributed by atoms with Crippen molar-refractivity contribution in [1.82, 2.24) is 20.7 Å². The van der Waals surface area contributed by atoms with E-state index in [0.717, 1.165) is 70.6 Å². The molecular weight excluding hydrogens is 570 g/mol. The zero-order valence-electron chi connectivity index (χ0n) is 28.4. The van der Waals surface area contributed by atoms with Gasteiger partial charge in [0.1, 0.15) is 0 Å². The number of hydrogen-bond acceptors (Lipinski definition) is 6. The molecular formula is C35H63N5O5. The van der Waals surface area contributed by atoms with Crippen LogP contribution in [-0.2, 0) is 19.2 Å². The fraction of sp³-hybridized carbons (Fsp3) is 0.886. The van der Waals surface area contributed by atoms with Crippen LogP contribution in [0.2, 0.25) is 0 Å². The van der Waals surface area contributed by atoms with Crippen LogP contribution < -0.4 is 16.5 Å². The van der Waals surface area contributed by atoms with Crippen molar-refractivity contribution in [1.29, 1.82) is 0 Å². The van der Waals surface area contributed by atoms with Gasteiger partial charge in [0.15, 0.2) is 0 Å². The number of rotatable bonds is 17. The van der Waals surface area contributed by atoms with Gasteiger partial charge in [-0.25, -0.2) is 5.01 Å². The van der Waals surface area contributed by atoms with E-state index in [1.165, 1.54) is 12.8 Å². The zero-order valence-corrected chi connectivity index (χ0v) is 28.4. The van der Waals surface area contributed by atoms with Crippen molar-refractivity contribution >= 4 is 23.6 Å². The number of primary amides is 1. The third-order valence-electron chi connectivity index (χ3n) is 10.4. The molecule has 0 aromatic heterocycles. The summed E-state index contributed by atoms with van der Waals surface area (Å²) in [5.74, 6) is -1.73. The summed E-state index contributed by atoms with van der Waals surface area (Å²) >= 11 is 0. The van der Waals surface area contributed by atoms with Crippen molar-refractivity contribution in [3.63, 3.8) is 0 Å². The van der Waals surface area contributed by atoms with E-state index in [4.69, 9.17) is 5.73 Å². The van der Waals surface area contributed by atoms with Crippen LogP contribution in [0.1, 0.15) is 130 Å². The van der Waals surface area contributed by atoms with Gasteiger partial charge in [-0.3, -0.25) is 24.6 Å². The van der Waals surface area contributed by atoms with E-state index < -0.39 is 35.8 Å². The second-order valence-corrected chi connectivity index (χ2v) is 14.2. The molecule has 3 fully saturated rings. The van der Waals surface area contributed by atoms with Gasteiger partial charge >= 0.3 is 0 Å². The summed E-state index contributed by atoms with van der Waals surface area (Å²) in [5.41, 5.74) is 8.85. The normalized spacial score (nSPS) is 24.5. The van der Waals surface area contributed by atoms with Crippen LogP contribution in [0.25, 0.3) is 0 Å². The average Bonchev–Trinajstić information content (AvgIpc) is 3.04. The maximum absolute atomic E-state index is 13.9. The summed E-state index contributed by atoms with van der Waals surface area (Å²) in [4.78, 5) is 54.8. The van der Waals surface area contributed by atoms with Gasteiger partial charge in [0, 0.05) is 49.9 Å². The van der Waals surface area contributed by atoms with Gasteiger partial charge in [0.25, 0.3) is 0 Å². The highest BCUT2D eigenvalue weighted by atomic mass is 16.3. The molecule has 0 aromatic rings. The number of hydrazine groups is 1. The zero-order chi connectivity index (χ0) is 32.8. The van der Waals surface area contributed by atoms with Crippen LogP contribution >= 0.6 is 0 Å². The van der Waals surface area contributed by atoms with Crippen molar-refractivity contribution in [2.75, 3.05) is 26.2 Å². The van der Waals surface area contributed by atoms with Crippen molar-refractivity contribution in [3.05, 3.63) is 0 Å². The van der Waals surface area contributed by atoms with E-state index in [1.807, 2.05) is 30.7 Å². The number of nitrogens with two attached hydrogens (primary N) is 1. The predicted molar refractivity (Wildman–Crippen MR) is 176 cm³/mol. The van der Waals surface area contributed by atoms with Gasteiger partial charge in [-0.05, 0) is 63.7 Å². The third kappa shape index (κ3) is 11.8. The molecule has 0 spiro atoms. The molecule has 0 aliphatic heterocycles. The Morgan fingerprint density at radius 2 is 1.29 bits per heavy atom. The molecule has 45 heavy (non-hydrogen) atoms. The fourth-order valence-corrected chi connectivity index (χ4v) is 7.92. The van der Waals surface area contributed by atoms with Gasteiger partial charge in [-0.1, -0.05) is 72.1 Å². The lowest BCUT2D eigenvalue weighted by Gasteiger charge is -2.37. The molecule has 0 heterocycles. The first-order valence-corrected chi connectivity index (χ1v) is 18.3. The highest BCUT2D eigenvalue weighted by Gasteiger charge is 2.40. The van der Waals surface area contributed by atoms with Crippen LogP contribution in [0.4, 0.5) is 0 Å². The molecule has 3 aliphatic carbocycles. The number of carbonyl (C=O) groups excluding carboxylic acids is 4. The quantitative estimate of drug-likeness (QED) is 0.176. The highest BCUT2D eigenvalue weighted by molar-refractivity contribution is 5.85. The van der Waals surface area contributed by atoms with Gasteiger partial charge in [0.2, 0.25) is 23.6 Å². The first kappa shape index (κ1) is 37.3. The fourth-order valence-electron chi connectivity index (χ4n) is 7.92. The SMILES string of the molecule is CCCN(CC(O)C(CC1CCCCC1)NC(=O)C1CC(C(N)=O)CC(C(=O)N(CCC)CCC)C1)NC(=O)C1CCCCC1. The van der Waals surface area contributed by atoms with Crippen LogP contribution in [0, 0.1) is 29.6 Å². The Bertz CT molecular complexity index is 929. The molecule has 0 radical (unpaired) electrons. The number of hydrogen-bond donors (Lipinski definition) is 4. The molecule has 4 amide bonds. The van der Waals surface area contributed by atoms with Gasteiger partial charge < -0.3 is 21.1 Å². The number of nitrogens with zero attached hydrogens (tertiary/aromatic N) is 2. The minimum atomic E-state index is -0.883. The Balaban J connectivity index is 1.74. The Labute approximate surface area is 271 Å². The van der Waals surface area contributed by atoms with E-state index in [-0.39, 0.29) is 30.2 Å². The molecule has 3 saturated carbocycles. The lowest BCUT2D eigenvalue weighted by Crippen LogP contribution is -2.55. The summed E-state index contributed by atoms with van der Waals surface area (Å²) in [6.07, 6.45) is 14.2. The van der Waals surface area contributed by atoms with Crippen molar-refractivity contribution in [2.24, 2.45) is 35.3 Å². The summed E-state index contributed by atoms with van der Waals surface area (Å²) in [5, 5.41) is 16.7. The summed E-state index contributed by atoms with van der Waals surface area (Å²) in [6, 6.07) is -0.494. The first-order valence-electron chi connectivity index (χ1n) is 18.3. The van der Waals surface area contributed by atoms with Gasteiger partial charge in [-0.15, -0.1) is 0 Å². The summed E-state index contributed by atoms with van der Waals surface area (Å²) in [7, 11) is 0. The molecule has 5 N–H and O–H groups in total. The molecule has 10 heteroatoms. The largest absolute Gasteiger partial charge is 0.390 e. The molecule has 3 rings (SSSR count). The monoisotopic (exact) mass is 633 g/mol. The molecule has 10 nitrogen and oxygen atoms in total. The maximum atomic E-state index is 13.9. The number of nitrogens with one attached hydrogen (secondary N) is 2. The number of aliphatic hydroxyl groups excluding tert-OH is 1.